The zero-order valence-electron chi connectivity index (χ0n) is 11.4. The van der Waals surface area contributed by atoms with Crippen LogP contribution >= 0.6 is 10.5 Å². The van der Waals surface area contributed by atoms with Gasteiger partial charge in [0.15, 0.2) is 9.58 Å². The smallest absolute Gasteiger partial charge is 0.601 e. The third-order valence-corrected chi connectivity index (χ3v) is 5.46. The quantitative estimate of drug-likeness (QED) is 0.759. The first-order valence-electron chi connectivity index (χ1n) is 6.55. The molecule has 2 aromatic rings. The number of fused-ring (bicyclic) bond motifs is 1. The number of alkyl halides is 3. The van der Waals surface area contributed by atoms with Crippen LogP contribution in [0.4, 0.5) is 13.2 Å². The van der Waals surface area contributed by atoms with E-state index < -0.39 is 16.0 Å². The molecule has 0 saturated heterocycles. The molecule has 5 heteroatoms. The van der Waals surface area contributed by atoms with Crippen LogP contribution < -0.4 is 12.4 Å². The summed E-state index contributed by atoms with van der Waals surface area (Å²) >= 11 is 0. The second-order valence-electron chi connectivity index (χ2n) is 4.86. The highest BCUT2D eigenvalue weighted by Gasteiger charge is 2.48. The van der Waals surface area contributed by atoms with E-state index in [0.717, 1.165) is 18.4 Å². The number of allylic oxidation sites excluding steroid dienone is 4. The summed E-state index contributed by atoms with van der Waals surface area (Å²) in [5.41, 5.74) is -2.52. The zero-order chi connectivity index (χ0) is 14.3. The van der Waals surface area contributed by atoms with Crippen LogP contribution in [0.15, 0.2) is 42.5 Å². The summed E-state index contributed by atoms with van der Waals surface area (Å²) in [6.07, 6.45) is 7.03. The first kappa shape index (κ1) is 16.1. The van der Waals surface area contributed by atoms with E-state index in [2.05, 4.69) is 0 Å². The Morgan fingerprint density at radius 1 is 1.14 bits per heavy atom. The van der Waals surface area contributed by atoms with E-state index in [9.17, 15) is 13.2 Å². The molecule has 0 fully saturated rings. The van der Waals surface area contributed by atoms with Crippen LogP contribution in [0, 0.1) is 0 Å². The monoisotopic (exact) mass is 330 g/mol. The minimum absolute atomic E-state index is 0. The van der Waals surface area contributed by atoms with Crippen molar-refractivity contribution in [1.29, 1.82) is 0 Å². The third kappa shape index (κ3) is 2.87. The lowest BCUT2D eigenvalue weighted by Gasteiger charge is -2.04. The summed E-state index contributed by atoms with van der Waals surface area (Å²) in [5.74, 6) is 0. The number of benzene rings is 1. The highest BCUT2D eigenvalue weighted by Crippen LogP contribution is 2.53. The van der Waals surface area contributed by atoms with Gasteiger partial charge in [0, 0.05) is 23.1 Å². The van der Waals surface area contributed by atoms with Crippen molar-refractivity contribution in [2.24, 2.45) is 0 Å². The Balaban J connectivity index is 0.00000161. The van der Waals surface area contributed by atoms with Crippen LogP contribution in [0.2, 0.25) is 0 Å². The maximum Gasteiger partial charge on any atom is 0.601 e. The van der Waals surface area contributed by atoms with Crippen LogP contribution in [-0.2, 0) is 11.9 Å². The fraction of sp³-hybridized carbons (Fsp3) is 0.250. The van der Waals surface area contributed by atoms with Gasteiger partial charge >= 0.3 is 5.51 Å². The zero-order valence-corrected chi connectivity index (χ0v) is 12.9. The maximum atomic E-state index is 13.4. The molecule has 0 radical (unpaired) electrons. The van der Waals surface area contributed by atoms with Crippen LogP contribution in [0.1, 0.15) is 23.8 Å². The van der Waals surface area contributed by atoms with Crippen molar-refractivity contribution in [1.82, 2.24) is 0 Å². The van der Waals surface area contributed by atoms with Crippen LogP contribution in [0.5, 0.6) is 0 Å². The molecule has 0 amide bonds. The van der Waals surface area contributed by atoms with Gasteiger partial charge in [-0.05, 0) is 30.2 Å². The Morgan fingerprint density at radius 3 is 2.38 bits per heavy atom. The van der Waals surface area contributed by atoms with E-state index in [1.807, 2.05) is 19.1 Å². The molecule has 1 atom stereocenters. The van der Waals surface area contributed by atoms with Crippen LogP contribution in [0.3, 0.4) is 0 Å². The summed E-state index contributed by atoms with van der Waals surface area (Å²) in [5, 5.41) is 0.710. The molecule has 1 heterocycles. The summed E-state index contributed by atoms with van der Waals surface area (Å²) in [6, 6.07) is 7.19. The van der Waals surface area contributed by atoms with Crippen molar-refractivity contribution >= 4 is 26.1 Å². The van der Waals surface area contributed by atoms with Gasteiger partial charge in [-0.1, -0.05) is 25.5 Å². The maximum absolute atomic E-state index is 13.4. The molecule has 1 aromatic heterocycles. The largest absolute Gasteiger partial charge is 1.00 e. The molecule has 0 nitrogen and oxygen atoms in total. The van der Waals surface area contributed by atoms with E-state index in [1.165, 1.54) is 0 Å². The standard InChI is InChI=1S/C16H14F3S.ClH/c1-2-4-11-7-8-13-10-15(12-5-3-6-12)20(14(13)9-11)16(17,18)19;/h3,5-10H,2,4H2,1H3;1H/q+1;/p-1. The predicted octanol–water partition coefficient (Wildman–Crippen LogP) is 2.97. The Morgan fingerprint density at radius 2 is 1.86 bits per heavy atom. The van der Waals surface area contributed by atoms with Crippen molar-refractivity contribution in [2.75, 3.05) is 0 Å². The Hall–Kier alpha value is -1.26. The molecule has 1 aromatic carbocycles. The molecule has 0 aliphatic heterocycles. The number of aryl methyl sites for hydroxylation is 1. The lowest BCUT2D eigenvalue weighted by Crippen LogP contribution is -3.00. The second kappa shape index (κ2) is 5.85. The SMILES string of the molecule is CCCc1ccc2cc(C3=CC=C3)[s+](C(F)(F)F)c2c1.[Cl-]. The van der Waals surface area contributed by atoms with Gasteiger partial charge in [-0.25, -0.2) is 0 Å². The number of halogens is 4. The topological polar surface area (TPSA) is 0 Å². The average molecular weight is 331 g/mol. The molecule has 1 unspecified atom stereocenters. The van der Waals surface area contributed by atoms with Crippen molar-refractivity contribution in [3.8, 4) is 0 Å². The van der Waals surface area contributed by atoms with Crippen molar-refractivity contribution in [3.63, 3.8) is 0 Å². The van der Waals surface area contributed by atoms with Crippen molar-refractivity contribution < 1.29 is 25.6 Å². The molecule has 0 bridgehead atoms. The number of hydrogen-bond donors (Lipinski definition) is 0. The minimum atomic E-state index is -4.22. The summed E-state index contributed by atoms with van der Waals surface area (Å²) in [4.78, 5) is 0.406. The second-order valence-corrected chi connectivity index (χ2v) is 6.82. The lowest BCUT2D eigenvalue weighted by atomic mass is 10.1. The van der Waals surface area contributed by atoms with Crippen LogP contribution in [0.25, 0.3) is 15.7 Å². The third-order valence-electron chi connectivity index (χ3n) is 3.41. The van der Waals surface area contributed by atoms with Crippen molar-refractivity contribution in [3.05, 3.63) is 52.9 Å². The van der Waals surface area contributed by atoms with Gasteiger partial charge in [-0.15, -0.1) is 13.2 Å². The molecule has 1 aliphatic rings. The number of hydrogen-bond acceptors (Lipinski definition) is 0. The molecule has 1 aliphatic carbocycles. The molecular weight excluding hydrogens is 317 g/mol. The first-order valence-corrected chi connectivity index (χ1v) is 7.77. The van der Waals surface area contributed by atoms with Gasteiger partial charge in [-0.3, -0.25) is 0 Å². The number of rotatable bonds is 3. The Labute approximate surface area is 130 Å². The molecule has 21 heavy (non-hydrogen) atoms. The molecule has 112 valence electrons. The molecule has 3 rings (SSSR count). The van der Waals surface area contributed by atoms with Gasteiger partial charge in [0.25, 0.3) is 0 Å². The summed E-state index contributed by atoms with van der Waals surface area (Å²) in [6.45, 7) is 2.03. The number of thiophene rings is 1. The molecule has 0 spiro atoms. The fourth-order valence-corrected chi connectivity index (χ4v) is 4.43. The van der Waals surface area contributed by atoms with E-state index >= 15 is 0 Å². The minimum Gasteiger partial charge on any atom is -1.00 e. The highest BCUT2D eigenvalue weighted by atomic mass is 35.5. The highest BCUT2D eigenvalue weighted by molar-refractivity contribution is 7.39. The van der Waals surface area contributed by atoms with Gasteiger partial charge in [0.2, 0.25) is 0 Å². The van der Waals surface area contributed by atoms with Gasteiger partial charge in [-0.2, -0.15) is 0 Å². The van der Waals surface area contributed by atoms with Crippen LogP contribution in [-0.4, -0.2) is 0 Å². The first-order chi connectivity index (χ1) is 9.50. The lowest BCUT2D eigenvalue weighted by molar-refractivity contribution is -0.0866. The van der Waals surface area contributed by atoms with E-state index in [0.29, 0.717) is 20.5 Å². The molecule has 0 saturated carbocycles. The summed E-state index contributed by atoms with van der Waals surface area (Å²) < 4.78 is 40.8. The Kier molecular flexibility index (Phi) is 4.49. The van der Waals surface area contributed by atoms with Gasteiger partial charge in [0.05, 0.1) is 0 Å². The van der Waals surface area contributed by atoms with Gasteiger partial charge < -0.3 is 12.4 Å². The van der Waals surface area contributed by atoms with E-state index in [-0.39, 0.29) is 12.4 Å². The van der Waals surface area contributed by atoms with Gasteiger partial charge in [0.1, 0.15) is 10.5 Å². The van der Waals surface area contributed by atoms with Crippen molar-refractivity contribution in [2.45, 2.75) is 25.3 Å². The normalized spacial score (nSPS) is 14.7. The van der Waals surface area contributed by atoms with E-state index in [1.54, 1.807) is 30.4 Å². The molecular formula is C16H14ClF3S. The summed E-state index contributed by atoms with van der Waals surface area (Å²) in [7, 11) is -1.81. The molecule has 0 N–H and O–H groups in total. The Bertz CT molecular complexity index is 723. The van der Waals surface area contributed by atoms with E-state index in [4.69, 9.17) is 0 Å². The predicted molar refractivity (Wildman–Crippen MR) is 78.8 cm³/mol. The fourth-order valence-electron chi connectivity index (χ4n) is 2.44. The average Bonchev–Trinajstić information content (AvgIpc) is 2.64.